The van der Waals surface area contributed by atoms with Crippen molar-refractivity contribution in [1.82, 2.24) is 4.90 Å². The number of carbonyl (C=O) groups is 1. The van der Waals surface area contributed by atoms with Crippen molar-refractivity contribution >= 4 is 6.03 Å². The van der Waals surface area contributed by atoms with Crippen molar-refractivity contribution in [1.29, 1.82) is 0 Å². The third-order valence-electron chi connectivity index (χ3n) is 3.47. The molecule has 0 bridgehead atoms. The van der Waals surface area contributed by atoms with E-state index in [9.17, 15) is 4.79 Å². The van der Waals surface area contributed by atoms with E-state index in [1.165, 1.54) is 5.56 Å². The molecule has 0 radical (unpaired) electrons. The molecule has 98 valence electrons. The van der Waals surface area contributed by atoms with Crippen molar-refractivity contribution in [3.8, 4) is 11.5 Å². The van der Waals surface area contributed by atoms with Crippen LogP contribution in [0.5, 0.6) is 11.5 Å². The molecule has 2 N–H and O–H groups in total. The van der Waals surface area contributed by atoms with Crippen molar-refractivity contribution in [2.24, 2.45) is 5.73 Å². The van der Waals surface area contributed by atoms with Crippen LogP contribution in [0.3, 0.4) is 0 Å². The first-order chi connectivity index (χ1) is 8.58. The first-order valence-electron chi connectivity index (χ1n) is 5.89. The van der Waals surface area contributed by atoms with E-state index >= 15 is 0 Å². The smallest absolute Gasteiger partial charge is 0.315 e. The molecule has 18 heavy (non-hydrogen) atoms. The summed E-state index contributed by atoms with van der Waals surface area (Å²) in [5.74, 6) is 1.39. The normalized spacial score (nSPS) is 18.2. The second kappa shape index (κ2) is 4.76. The van der Waals surface area contributed by atoms with Crippen molar-refractivity contribution in [2.75, 3.05) is 20.8 Å². The lowest BCUT2D eigenvalue weighted by Gasteiger charge is -2.34. The number of nitrogens with zero attached hydrogens (tertiary/aromatic N) is 1. The lowest BCUT2D eigenvalue weighted by Crippen LogP contribution is -2.42. The molecule has 1 aromatic carbocycles. The topological polar surface area (TPSA) is 64.8 Å². The molecule has 1 heterocycles. The fraction of sp³-hybridized carbons (Fsp3) is 0.462. The summed E-state index contributed by atoms with van der Waals surface area (Å²) in [6.07, 6.45) is 0.781. The fourth-order valence-corrected chi connectivity index (χ4v) is 2.45. The van der Waals surface area contributed by atoms with E-state index in [1.54, 1.807) is 19.1 Å². The maximum atomic E-state index is 11.3. The van der Waals surface area contributed by atoms with Crippen molar-refractivity contribution in [3.63, 3.8) is 0 Å². The van der Waals surface area contributed by atoms with Gasteiger partial charge in [0.2, 0.25) is 0 Å². The minimum Gasteiger partial charge on any atom is -0.493 e. The Morgan fingerprint density at radius 3 is 2.50 bits per heavy atom. The summed E-state index contributed by atoms with van der Waals surface area (Å²) in [5.41, 5.74) is 7.62. The molecular weight excluding hydrogens is 232 g/mol. The van der Waals surface area contributed by atoms with Gasteiger partial charge in [-0.3, -0.25) is 0 Å². The zero-order chi connectivity index (χ0) is 13.3. The Balaban J connectivity index is 2.45. The summed E-state index contributed by atoms with van der Waals surface area (Å²) in [4.78, 5) is 13.0. The molecule has 0 saturated carbocycles. The highest BCUT2D eigenvalue weighted by atomic mass is 16.5. The number of urea groups is 1. The minimum atomic E-state index is -0.386. The molecule has 0 spiro atoms. The summed E-state index contributed by atoms with van der Waals surface area (Å²) in [7, 11) is 3.22. The SMILES string of the molecule is COc1cc2c(cc1OC)C(C)N(C(N)=O)CC2. The van der Waals surface area contributed by atoms with E-state index in [0.29, 0.717) is 12.3 Å². The third-order valence-corrected chi connectivity index (χ3v) is 3.47. The van der Waals surface area contributed by atoms with Gasteiger partial charge in [-0.05, 0) is 36.6 Å². The second-order valence-electron chi connectivity index (χ2n) is 4.36. The predicted octanol–water partition coefficient (Wildman–Crippen LogP) is 1.70. The van der Waals surface area contributed by atoms with Gasteiger partial charge in [0, 0.05) is 6.54 Å². The molecule has 1 aliphatic heterocycles. The van der Waals surface area contributed by atoms with Gasteiger partial charge < -0.3 is 20.1 Å². The molecule has 0 fully saturated rings. The van der Waals surface area contributed by atoms with Crippen LogP contribution in [0.1, 0.15) is 24.1 Å². The Labute approximate surface area is 106 Å². The van der Waals surface area contributed by atoms with E-state index in [4.69, 9.17) is 15.2 Å². The molecule has 0 aromatic heterocycles. The standard InChI is InChI=1S/C13H18N2O3/c1-8-10-7-12(18-3)11(17-2)6-9(10)4-5-15(8)13(14)16/h6-8H,4-5H2,1-3H3,(H2,14,16). The number of benzene rings is 1. The van der Waals surface area contributed by atoms with Gasteiger partial charge in [0.15, 0.2) is 11.5 Å². The van der Waals surface area contributed by atoms with Gasteiger partial charge in [0.25, 0.3) is 0 Å². The quantitative estimate of drug-likeness (QED) is 0.868. The molecular formula is C13H18N2O3. The number of hydrogen-bond donors (Lipinski definition) is 1. The van der Waals surface area contributed by atoms with Gasteiger partial charge in [-0.2, -0.15) is 0 Å². The number of carbonyl (C=O) groups excluding carboxylic acids is 1. The summed E-state index contributed by atoms with van der Waals surface area (Å²) in [5, 5.41) is 0. The summed E-state index contributed by atoms with van der Waals surface area (Å²) in [6.45, 7) is 2.60. The highest BCUT2D eigenvalue weighted by Gasteiger charge is 2.27. The minimum absolute atomic E-state index is 0.0361. The first-order valence-corrected chi connectivity index (χ1v) is 5.89. The van der Waals surface area contributed by atoms with Crippen molar-refractivity contribution < 1.29 is 14.3 Å². The van der Waals surface area contributed by atoms with Gasteiger partial charge in [0.1, 0.15) is 0 Å². The van der Waals surface area contributed by atoms with Crippen molar-refractivity contribution in [3.05, 3.63) is 23.3 Å². The van der Waals surface area contributed by atoms with Gasteiger partial charge in [-0.15, -0.1) is 0 Å². The number of amides is 2. The van der Waals surface area contributed by atoms with Crippen LogP contribution in [-0.4, -0.2) is 31.7 Å². The average molecular weight is 250 g/mol. The van der Waals surface area contributed by atoms with Crippen LogP contribution >= 0.6 is 0 Å². The van der Waals surface area contributed by atoms with Gasteiger partial charge >= 0.3 is 6.03 Å². The van der Waals surface area contributed by atoms with Crippen LogP contribution in [0.25, 0.3) is 0 Å². The number of ether oxygens (including phenoxy) is 2. The average Bonchev–Trinajstić information content (AvgIpc) is 2.37. The molecule has 0 aliphatic carbocycles. The fourth-order valence-electron chi connectivity index (χ4n) is 2.45. The summed E-state index contributed by atoms with van der Waals surface area (Å²) >= 11 is 0. The van der Waals surface area contributed by atoms with Gasteiger partial charge in [0.05, 0.1) is 20.3 Å². The third kappa shape index (κ3) is 1.96. The van der Waals surface area contributed by atoms with E-state index in [0.717, 1.165) is 17.7 Å². The number of rotatable bonds is 2. The Kier molecular flexibility index (Phi) is 3.32. The zero-order valence-electron chi connectivity index (χ0n) is 10.9. The highest BCUT2D eigenvalue weighted by Crippen LogP contribution is 2.37. The van der Waals surface area contributed by atoms with Crippen LogP contribution in [0, 0.1) is 0 Å². The molecule has 1 aromatic rings. The Morgan fingerprint density at radius 2 is 1.94 bits per heavy atom. The summed E-state index contributed by atoms with van der Waals surface area (Å²) in [6, 6.07) is 3.48. The van der Waals surface area contributed by atoms with Gasteiger partial charge in [-0.25, -0.2) is 4.79 Å². The molecule has 1 unspecified atom stereocenters. The van der Waals surface area contributed by atoms with Crippen LogP contribution in [0.15, 0.2) is 12.1 Å². The first kappa shape index (κ1) is 12.5. The molecule has 5 nitrogen and oxygen atoms in total. The van der Waals surface area contributed by atoms with Crippen molar-refractivity contribution in [2.45, 2.75) is 19.4 Å². The van der Waals surface area contributed by atoms with Crippen LogP contribution in [0.2, 0.25) is 0 Å². The maximum absolute atomic E-state index is 11.3. The molecule has 2 amide bonds. The molecule has 2 rings (SSSR count). The van der Waals surface area contributed by atoms with Crippen LogP contribution < -0.4 is 15.2 Å². The Hall–Kier alpha value is -1.91. The number of fused-ring (bicyclic) bond motifs is 1. The predicted molar refractivity (Wildman–Crippen MR) is 68.0 cm³/mol. The van der Waals surface area contributed by atoms with Gasteiger partial charge in [-0.1, -0.05) is 0 Å². The van der Waals surface area contributed by atoms with E-state index < -0.39 is 0 Å². The lowest BCUT2D eigenvalue weighted by atomic mass is 9.93. The number of primary amides is 1. The van der Waals surface area contributed by atoms with E-state index in [-0.39, 0.29) is 12.1 Å². The lowest BCUT2D eigenvalue weighted by molar-refractivity contribution is 0.184. The molecule has 1 atom stereocenters. The number of nitrogens with two attached hydrogens (primary N) is 1. The monoisotopic (exact) mass is 250 g/mol. The molecule has 5 heteroatoms. The summed E-state index contributed by atoms with van der Waals surface area (Å²) < 4.78 is 10.6. The number of methoxy groups -OCH3 is 2. The Bertz CT molecular complexity index is 474. The van der Waals surface area contributed by atoms with Crippen LogP contribution in [-0.2, 0) is 6.42 Å². The molecule has 0 saturated heterocycles. The molecule has 1 aliphatic rings. The van der Waals surface area contributed by atoms with Crippen LogP contribution in [0.4, 0.5) is 4.79 Å². The Morgan fingerprint density at radius 1 is 1.33 bits per heavy atom. The largest absolute Gasteiger partial charge is 0.493 e. The van der Waals surface area contributed by atoms with E-state index in [1.807, 2.05) is 19.1 Å². The van der Waals surface area contributed by atoms with E-state index in [2.05, 4.69) is 0 Å². The second-order valence-corrected chi connectivity index (χ2v) is 4.36. The zero-order valence-corrected chi connectivity index (χ0v) is 10.9. The maximum Gasteiger partial charge on any atom is 0.315 e. The number of hydrogen-bond acceptors (Lipinski definition) is 3. The highest BCUT2D eigenvalue weighted by molar-refractivity contribution is 5.73.